The van der Waals surface area contributed by atoms with Crippen LogP contribution in [0.25, 0.3) is 10.9 Å². The summed E-state index contributed by atoms with van der Waals surface area (Å²) in [6, 6.07) is 15.9. The number of hydrogen-bond donors (Lipinski definition) is 1. The van der Waals surface area contributed by atoms with Crippen LogP contribution in [0.4, 0.5) is 10.5 Å². The molecule has 1 heterocycles. The second kappa shape index (κ2) is 7.09. The molecule has 4 nitrogen and oxygen atoms in total. The Morgan fingerprint density at radius 3 is 2.75 bits per heavy atom. The van der Waals surface area contributed by atoms with Crippen LogP contribution >= 0.6 is 15.9 Å². The highest BCUT2D eigenvalue weighted by atomic mass is 79.9. The normalized spacial score (nSPS) is 10.8. The molecule has 3 rings (SSSR count). The number of rotatable bonds is 4. The van der Waals surface area contributed by atoms with Gasteiger partial charge in [-0.05, 0) is 42.1 Å². The predicted molar refractivity (Wildman–Crippen MR) is 102 cm³/mol. The van der Waals surface area contributed by atoms with Crippen LogP contribution in [0.2, 0.25) is 0 Å². The maximum atomic E-state index is 12.4. The molecule has 124 valence electrons. The van der Waals surface area contributed by atoms with E-state index in [4.69, 9.17) is 0 Å². The van der Waals surface area contributed by atoms with E-state index >= 15 is 0 Å². The van der Waals surface area contributed by atoms with Crippen molar-refractivity contribution in [2.75, 3.05) is 12.4 Å². The number of hydrogen-bond acceptors (Lipinski definition) is 1. The number of halogens is 1. The zero-order chi connectivity index (χ0) is 17.1. The minimum Gasteiger partial charge on any atom is -0.348 e. The molecule has 0 spiro atoms. The van der Waals surface area contributed by atoms with E-state index in [-0.39, 0.29) is 6.03 Å². The number of amides is 2. The van der Waals surface area contributed by atoms with E-state index in [1.807, 2.05) is 42.5 Å². The summed E-state index contributed by atoms with van der Waals surface area (Å²) in [6.45, 7) is 3.56. The summed E-state index contributed by atoms with van der Waals surface area (Å²) in [5.41, 5.74) is 3.01. The fourth-order valence-corrected chi connectivity index (χ4v) is 3.12. The molecule has 2 aromatic carbocycles. The topological polar surface area (TPSA) is 37.3 Å². The van der Waals surface area contributed by atoms with Gasteiger partial charge in [-0.3, -0.25) is 0 Å². The molecule has 0 radical (unpaired) electrons. The van der Waals surface area contributed by atoms with Gasteiger partial charge in [0, 0.05) is 36.5 Å². The van der Waals surface area contributed by atoms with Crippen molar-refractivity contribution in [3.63, 3.8) is 0 Å². The lowest BCUT2D eigenvalue weighted by Gasteiger charge is -2.19. The van der Waals surface area contributed by atoms with E-state index in [0.29, 0.717) is 6.54 Å². The van der Waals surface area contributed by atoms with E-state index < -0.39 is 0 Å². The number of benzene rings is 2. The van der Waals surface area contributed by atoms with Gasteiger partial charge in [-0.2, -0.15) is 0 Å². The average Bonchev–Trinajstić information content (AvgIpc) is 2.99. The summed E-state index contributed by atoms with van der Waals surface area (Å²) in [7, 11) is 1.79. The van der Waals surface area contributed by atoms with E-state index in [9.17, 15) is 4.79 Å². The molecule has 1 N–H and O–H groups in total. The monoisotopic (exact) mass is 385 g/mol. The van der Waals surface area contributed by atoms with E-state index in [0.717, 1.165) is 27.8 Å². The minimum atomic E-state index is -0.125. The molecule has 0 aliphatic rings. The van der Waals surface area contributed by atoms with Gasteiger partial charge in [-0.1, -0.05) is 40.2 Å². The summed E-state index contributed by atoms with van der Waals surface area (Å²) in [4.78, 5) is 14.1. The number of aryl methyl sites for hydroxylation is 1. The van der Waals surface area contributed by atoms with Gasteiger partial charge in [0.15, 0.2) is 0 Å². The van der Waals surface area contributed by atoms with Crippen molar-refractivity contribution in [2.45, 2.75) is 20.0 Å². The Labute approximate surface area is 150 Å². The lowest BCUT2D eigenvalue weighted by Crippen LogP contribution is -2.30. The Morgan fingerprint density at radius 2 is 2.00 bits per heavy atom. The number of carbonyl (C=O) groups is 1. The first-order chi connectivity index (χ1) is 11.6. The molecule has 3 aromatic rings. The summed E-state index contributed by atoms with van der Waals surface area (Å²) in [5.74, 6) is 0. The molecule has 0 saturated heterocycles. The van der Waals surface area contributed by atoms with Crippen molar-refractivity contribution in [3.05, 3.63) is 64.8 Å². The lowest BCUT2D eigenvalue weighted by atomic mass is 10.2. The second-order valence-corrected chi connectivity index (χ2v) is 6.61. The number of urea groups is 1. The van der Waals surface area contributed by atoms with Gasteiger partial charge < -0.3 is 14.8 Å². The molecule has 0 saturated carbocycles. The Balaban J connectivity index is 1.73. The van der Waals surface area contributed by atoms with Crippen LogP contribution < -0.4 is 5.32 Å². The first-order valence-corrected chi connectivity index (χ1v) is 8.72. The minimum absolute atomic E-state index is 0.125. The van der Waals surface area contributed by atoms with Crippen LogP contribution in [-0.2, 0) is 13.1 Å². The first kappa shape index (κ1) is 16.6. The van der Waals surface area contributed by atoms with Gasteiger partial charge in [0.25, 0.3) is 0 Å². The van der Waals surface area contributed by atoms with Gasteiger partial charge in [-0.15, -0.1) is 0 Å². The molecular weight excluding hydrogens is 366 g/mol. The Morgan fingerprint density at radius 1 is 1.21 bits per heavy atom. The quantitative estimate of drug-likeness (QED) is 0.667. The number of anilines is 1. The number of nitrogens with zero attached hydrogens (tertiary/aromatic N) is 2. The predicted octanol–water partition coefficient (Wildman–Crippen LogP) is 5.09. The third kappa shape index (κ3) is 3.46. The van der Waals surface area contributed by atoms with Crippen LogP contribution in [-0.4, -0.2) is 22.5 Å². The Hall–Kier alpha value is -2.27. The van der Waals surface area contributed by atoms with Gasteiger partial charge in [0.05, 0.1) is 5.52 Å². The van der Waals surface area contributed by atoms with Crippen LogP contribution in [0.5, 0.6) is 0 Å². The van der Waals surface area contributed by atoms with Gasteiger partial charge in [0.1, 0.15) is 0 Å². The zero-order valence-corrected chi connectivity index (χ0v) is 15.4. The lowest BCUT2D eigenvalue weighted by molar-refractivity contribution is 0.220. The molecule has 0 fully saturated rings. The van der Waals surface area contributed by atoms with Crippen molar-refractivity contribution >= 4 is 38.6 Å². The largest absolute Gasteiger partial charge is 0.348 e. The number of aromatic nitrogens is 1. The molecule has 0 bridgehead atoms. The van der Waals surface area contributed by atoms with Crippen LogP contribution in [0.15, 0.2) is 59.2 Å². The maximum Gasteiger partial charge on any atom is 0.321 e. The standard InChI is InChI=1S/C19H20BrN3O/c1-3-23-11-10-14-8-9-16(12-18(14)23)21-19(24)22(2)13-15-6-4-5-7-17(15)20/h4-12H,3,13H2,1-2H3,(H,21,24). The van der Waals surface area contributed by atoms with Crippen molar-refractivity contribution in [1.82, 2.24) is 9.47 Å². The van der Waals surface area contributed by atoms with Crippen molar-refractivity contribution < 1.29 is 4.79 Å². The van der Waals surface area contributed by atoms with Crippen LogP contribution in [0.1, 0.15) is 12.5 Å². The van der Waals surface area contributed by atoms with Gasteiger partial charge in [0.2, 0.25) is 0 Å². The molecule has 0 aliphatic carbocycles. The maximum absolute atomic E-state index is 12.4. The van der Waals surface area contributed by atoms with Crippen molar-refractivity contribution in [2.24, 2.45) is 0 Å². The third-order valence-electron chi connectivity index (χ3n) is 4.08. The van der Waals surface area contributed by atoms with Gasteiger partial charge in [-0.25, -0.2) is 4.79 Å². The molecule has 24 heavy (non-hydrogen) atoms. The van der Waals surface area contributed by atoms with Crippen LogP contribution in [0.3, 0.4) is 0 Å². The van der Waals surface area contributed by atoms with Crippen molar-refractivity contribution in [3.8, 4) is 0 Å². The van der Waals surface area contributed by atoms with Crippen LogP contribution in [0, 0.1) is 0 Å². The fraction of sp³-hybridized carbons (Fsp3) is 0.211. The fourth-order valence-electron chi connectivity index (χ4n) is 2.71. The highest BCUT2D eigenvalue weighted by molar-refractivity contribution is 9.10. The van der Waals surface area contributed by atoms with Crippen molar-refractivity contribution in [1.29, 1.82) is 0 Å². The SMILES string of the molecule is CCn1ccc2ccc(NC(=O)N(C)Cc3ccccc3Br)cc21. The second-order valence-electron chi connectivity index (χ2n) is 5.75. The number of fused-ring (bicyclic) bond motifs is 1. The first-order valence-electron chi connectivity index (χ1n) is 7.93. The number of nitrogens with one attached hydrogen (secondary N) is 1. The van der Waals surface area contributed by atoms with E-state index in [1.165, 1.54) is 5.39 Å². The molecule has 0 unspecified atom stereocenters. The van der Waals surface area contributed by atoms with E-state index in [2.05, 4.69) is 45.0 Å². The summed E-state index contributed by atoms with van der Waals surface area (Å²) < 4.78 is 3.17. The summed E-state index contributed by atoms with van der Waals surface area (Å²) in [6.07, 6.45) is 2.06. The highest BCUT2D eigenvalue weighted by Gasteiger charge is 2.11. The number of carbonyl (C=O) groups excluding carboxylic acids is 1. The molecule has 0 aliphatic heterocycles. The average molecular weight is 386 g/mol. The molecule has 0 atom stereocenters. The molecular formula is C19H20BrN3O. The Bertz CT molecular complexity index is 872. The molecule has 1 aromatic heterocycles. The Kier molecular flexibility index (Phi) is 4.90. The molecule has 2 amide bonds. The third-order valence-corrected chi connectivity index (χ3v) is 4.85. The van der Waals surface area contributed by atoms with E-state index in [1.54, 1.807) is 11.9 Å². The summed E-state index contributed by atoms with van der Waals surface area (Å²) >= 11 is 3.52. The smallest absolute Gasteiger partial charge is 0.321 e. The van der Waals surface area contributed by atoms with Gasteiger partial charge >= 0.3 is 6.03 Å². The summed E-state index contributed by atoms with van der Waals surface area (Å²) in [5, 5.41) is 4.15. The molecule has 5 heteroatoms. The zero-order valence-electron chi connectivity index (χ0n) is 13.8. The highest BCUT2D eigenvalue weighted by Crippen LogP contribution is 2.21.